The van der Waals surface area contributed by atoms with E-state index in [1.54, 1.807) is 37.3 Å². The molecular weight excluding hydrogens is 1200 g/mol. The normalized spacial score (nSPS) is 26.1. The second-order valence-electron chi connectivity index (χ2n) is 27.5. The van der Waals surface area contributed by atoms with E-state index in [2.05, 4.69) is 42.6 Å². The molecule has 4 aromatic carbocycles. The molecule has 0 amide bonds. The first-order chi connectivity index (χ1) is 45.3. The fourth-order valence-electron chi connectivity index (χ4n) is 15.7. The van der Waals surface area contributed by atoms with Crippen molar-refractivity contribution in [2.75, 3.05) is 32.9 Å². The molecule has 1 unspecified atom stereocenters. The van der Waals surface area contributed by atoms with Gasteiger partial charge in [-0.1, -0.05) is 191 Å². The quantitative estimate of drug-likeness (QED) is 0.0166. The summed E-state index contributed by atoms with van der Waals surface area (Å²) in [4.78, 5) is 50.1. The highest BCUT2D eigenvalue weighted by molar-refractivity contribution is 6.00. The van der Waals surface area contributed by atoms with Crippen LogP contribution in [0.5, 0.6) is 11.5 Å². The van der Waals surface area contributed by atoms with Crippen LogP contribution in [0.25, 0.3) is 10.8 Å². The van der Waals surface area contributed by atoms with Gasteiger partial charge >= 0.3 is 11.9 Å². The fraction of sp³-hybridized carbons (Fsp3) is 0.636. The largest absolute Gasteiger partial charge is 0.508 e. The number of aromatic hydroxyl groups is 2. The van der Waals surface area contributed by atoms with Gasteiger partial charge in [0, 0.05) is 60.3 Å². The van der Waals surface area contributed by atoms with E-state index in [4.69, 9.17) is 24.1 Å². The number of aryl methyl sites for hydroxylation is 1. The van der Waals surface area contributed by atoms with Crippen molar-refractivity contribution in [1.82, 2.24) is 5.32 Å². The number of esters is 1. The van der Waals surface area contributed by atoms with Crippen molar-refractivity contribution in [3.05, 3.63) is 119 Å². The van der Waals surface area contributed by atoms with E-state index in [0.717, 1.165) is 89.4 Å². The van der Waals surface area contributed by atoms with Gasteiger partial charge in [-0.15, -0.1) is 0 Å². The highest BCUT2D eigenvalue weighted by Gasteiger charge is 2.80. The molecule has 15 nitrogen and oxygen atoms in total. The van der Waals surface area contributed by atoms with Crippen molar-refractivity contribution in [3.63, 3.8) is 0 Å². The molecule has 0 radical (unpaired) electrons. The molecule has 520 valence electrons. The van der Waals surface area contributed by atoms with E-state index in [9.17, 15) is 44.7 Å². The zero-order valence-corrected chi connectivity index (χ0v) is 56.4. The number of aliphatic hydroxyl groups is 3. The Labute approximate surface area is 556 Å². The van der Waals surface area contributed by atoms with Gasteiger partial charge in [0.05, 0.1) is 24.9 Å². The molecule has 0 aromatic heterocycles. The Bertz CT molecular complexity index is 3050. The van der Waals surface area contributed by atoms with Gasteiger partial charge in [0.2, 0.25) is 5.78 Å². The van der Waals surface area contributed by atoms with Crippen LogP contribution >= 0.6 is 0 Å². The lowest BCUT2D eigenvalue weighted by atomic mass is 9.43. The summed E-state index contributed by atoms with van der Waals surface area (Å²) >= 11 is 0. The monoisotopic (exact) mass is 1310 g/mol. The zero-order valence-electron chi connectivity index (χ0n) is 56.4. The molecule has 3 saturated carbocycles. The number of aromatic carboxylic acids is 1. The average molecular weight is 1310 g/mol. The molecule has 94 heavy (non-hydrogen) atoms. The summed E-state index contributed by atoms with van der Waals surface area (Å²) in [5.74, 6) is -3.76. The number of rotatable bonds is 36. The number of carboxylic acids is 1. The van der Waals surface area contributed by atoms with Gasteiger partial charge in [0.1, 0.15) is 28.9 Å². The standard InChI is InChI=1S/C41H64F2O7.C25H37NO4.C11H8O3/c1-5-7-8-9-10-11-12-13-14-15-16-17-18-20-36(47)48-27-34(46)41-35(49-37(50-41)19-6-2)25-29-30-24-32(42)31-23-28(44)21-22-38(31,3)40(30,43)33(45)26-39(29,41)4;27-20-23-18-22(13-14-24(23)28)25(29)19-26-15-7-1-2-8-16-30-17-9-6-12-21-10-4-3-5-11-21;12-10-8-4-2-1-3-7(8)5-6-9(10)11(13)14/h23,29-30,32-33,35,37,45H,5-22,24-27H2,1-4H3;3-5,10-11,13-14,18,25-29H,1-2,6-9,12,15-17,19-20H2;1-6,12H,(H,13,14)/t29-,30-,32-,33-,35+,37+,38-,39-,40-,41+;;/m0../s1. The number of carbonyl (C=O) groups excluding carboxylic acids is 3. The molecule has 9 rings (SSSR count). The van der Waals surface area contributed by atoms with Crippen molar-refractivity contribution in [3.8, 4) is 11.5 Å². The van der Waals surface area contributed by atoms with Crippen LogP contribution in [0.3, 0.4) is 0 Å². The summed E-state index contributed by atoms with van der Waals surface area (Å²) in [7, 11) is 0. The predicted octanol–water partition coefficient (Wildman–Crippen LogP) is 15.4. The van der Waals surface area contributed by atoms with Crippen LogP contribution in [0.15, 0.2) is 96.6 Å². The number of hydrogen-bond donors (Lipinski definition) is 7. The van der Waals surface area contributed by atoms with E-state index in [-0.39, 0.29) is 73.6 Å². The Balaban J connectivity index is 0.000000237. The third-order valence-corrected chi connectivity index (χ3v) is 21.0. The first-order valence-electron chi connectivity index (χ1n) is 35.4. The number of ether oxygens (including phenoxy) is 4. The van der Waals surface area contributed by atoms with Crippen LogP contribution in [0.2, 0.25) is 0 Å². The number of nitrogens with one attached hydrogen (secondary N) is 1. The van der Waals surface area contributed by atoms with Gasteiger partial charge in [-0.2, -0.15) is 0 Å². The lowest BCUT2D eigenvalue weighted by molar-refractivity contribution is -0.242. The van der Waals surface area contributed by atoms with Crippen LogP contribution in [0.1, 0.15) is 234 Å². The minimum atomic E-state index is -2.18. The Morgan fingerprint density at radius 1 is 0.766 bits per heavy atom. The van der Waals surface area contributed by atoms with Gasteiger partial charge in [-0.25, -0.2) is 13.6 Å². The van der Waals surface area contributed by atoms with Crippen molar-refractivity contribution in [2.24, 2.45) is 22.7 Å². The molecule has 1 aliphatic heterocycles. The minimum Gasteiger partial charge on any atom is -0.508 e. The van der Waals surface area contributed by atoms with Gasteiger partial charge in [0.15, 0.2) is 24.3 Å². The summed E-state index contributed by atoms with van der Waals surface area (Å²) < 4.78 is 57.8. The molecule has 1 heterocycles. The fourth-order valence-corrected chi connectivity index (χ4v) is 15.7. The van der Waals surface area contributed by atoms with Crippen LogP contribution < -0.4 is 5.32 Å². The molecule has 7 N–H and O–H groups in total. The molecule has 4 fully saturated rings. The van der Waals surface area contributed by atoms with Crippen molar-refractivity contribution in [2.45, 2.75) is 256 Å². The number of allylic oxidation sites excluding steroid dienone is 1. The number of phenols is 2. The van der Waals surface area contributed by atoms with E-state index in [1.807, 2.05) is 26.0 Å². The number of carbonyl (C=O) groups is 4. The summed E-state index contributed by atoms with van der Waals surface area (Å²) in [6.45, 7) is 10.0. The second kappa shape index (κ2) is 37.2. The van der Waals surface area contributed by atoms with Crippen LogP contribution in [0, 0.1) is 22.7 Å². The Kier molecular flexibility index (Phi) is 29.9. The third kappa shape index (κ3) is 18.9. The number of hydrogen-bond acceptors (Lipinski definition) is 14. The highest BCUT2D eigenvalue weighted by atomic mass is 19.1. The summed E-state index contributed by atoms with van der Waals surface area (Å²) in [5.41, 5.74) is -3.55. The predicted molar refractivity (Wildman–Crippen MR) is 361 cm³/mol. The molecule has 5 aliphatic rings. The molecule has 11 atom stereocenters. The number of fused-ring (bicyclic) bond motifs is 8. The number of Topliss-reactive ketones (excluding diaryl/α,β-unsaturated/α-hetero) is 1. The summed E-state index contributed by atoms with van der Waals surface area (Å²) in [6, 6.07) is 25.6. The van der Waals surface area contributed by atoms with Gasteiger partial charge in [-0.05, 0) is 129 Å². The average Bonchev–Trinajstić information content (AvgIpc) is 1.42. The molecular formula is C77H109F2NO14. The number of unbranched alkanes of at least 4 members (excludes halogenated alkanes) is 16. The molecule has 4 aromatic rings. The number of ketones is 2. The maximum atomic E-state index is 17.7. The van der Waals surface area contributed by atoms with Crippen LogP contribution in [0.4, 0.5) is 8.78 Å². The Morgan fingerprint density at radius 3 is 2.10 bits per heavy atom. The molecule has 17 heteroatoms. The molecule has 0 spiro atoms. The number of aliphatic hydroxyl groups excluding tert-OH is 3. The van der Waals surface area contributed by atoms with Gasteiger partial charge in [-0.3, -0.25) is 14.4 Å². The lowest BCUT2D eigenvalue weighted by Gasteiger charge is -2.64. The lowest BCUT2D eigenvalue weighted by Crippen LogP contribution is -2.71. The highest BCUT2D eigenvalue weighted by Crippen LogP contribution is 2.72. The second-order valence-corrected chi connectivity index (χ2v) is 27.5. The van der Waals surface area contributed by atoms with Crippen LogP contribution in [-0.2, 0) is 46.4 Å². The molecule has 1 saturated heterocycles. The third-order valence-electron chi connectivity index (χ3n) is 21.0. The number of halogens is 2. The summed E-state index contributed by atoms with van der Waals surface area (Å²) in [6.07, 6.45) is 21.5. The maximum Gasteiger partial charge on any atom is 0.339 e. The zero-order chi connectivity index (χ0) is 67.7. The van der Waals surface area contributed by atoms with Crippen molar-refractivity contribution < 1.29 is 77.5 Å². The SMILES string of the molecule is CCCCCCCCCCCCCCCC(=O)OCC(=O)[C@@]12O[C@H](CCC)O[C@@H]1C[C@H]1[C@@H]3C[C@H](F)C4=CC(=O)CC[C@]4(C)[C@@]3(F)[C@@H](O)C[C@@]12C.O=C(O)c1ccc2ccccc2c1O.OCc1cc(C(O)CNCCCCCCOCCCCc2ccccc2)ccc1O. The van der Waals surface area contributed by atoms with Crippen molar-refractivity contribution in [1.29, 1.82) is 0 Å². The summed E-state index contributed by atoms with van der Waals surface area (Å²) in [5, 5.41) is 63.8. The Morgan fingerprint density at radius 2 is 1.41 bits per heavy atom. The smallest absolute Gasteiger partial charge is 0.339 e. The van der Waals surface area contributed by atoms with E-state index in [1.165, 1.54) is 88.0 Å². The van der Waals surface area contributed by atoms with Crippen molar-refractivity contribution >= 4 is 34.3 Å². The van der Waals surface area contributed by atoms with Gasteiger partial charge < -0.3 is 54.9 Å². The maximum absolute atomic E-state index is 17.7. The van der Waals surface area contributed by atoms with Crippen LogP contribution in [-0.4, -0.2) is 123 Å². The number of carboxylic acid groups (broad SMARTS) is 1. The van der Waals surface area contributed by atoms with E-state index in [0.29, 0.717) is 35.9 Å². The first-order valence-corrected chi connectivity index (χ1v) is 35.4. The Hall–Kier alpha value is -5.66. The minimum absolute atomic E-state index is 0.0533. The van der Waals surface area contributed by atoms with E-state index >= 15 is 8.78 Å². The molecule has 4 aliphatic carbocycles. The number of alkyl halides is 2. The molecule has 0 bridgehead atoms. The first kappa shape index (κ1) is 75.7. The van der Waals surface area contributed by atoms with E-state index < -0.39 is 89.0 Å². The number of benzene rings is 4. The van der Waals surface area contributed by atoms with Gasteiger partial charge in [0.25, 0.3) is 0 Å². The topological polar surface area (TPSA) is 239 Å².